The molecule has 10 heteroatoms. The first-order chi connectivity index (χ1) is 40.0. The molecule has 482 valence electrons. The average Bonchev–Trinajstić information content (AvgIpc) is 3.46. The first-order valence-electron chi connectivity index (χ1n) is 35.4. The topological polar surface area (TPSA) is 108 Å². The molecule has 0 spiro atoms. The second-order valence-electron chi connectivity index (χ2n) is 25.3. The van der Waals surface area contributed by atoms with Gasteiger partial charge >= 0.3 is 19.8 Å². The monoisotopic (exact) mass is 1180 g/mol. The van der Waals surface area contributed by atoms with E-state index in [1.165, 1.54) is 257 Å². The Labute approximate surface area is 509 Å². The van der Waals surface area contributed by atoms with Gasteiger partial charge in [-0.3, -0.25) is 18.6 Å². The third-order valence-electron chi connectivity index (χ3n) is 15.8. The molecular weight excluding hydrogens is 1040 g/mol. The van der Waals surface area contributed by atoms with Crippen molar-refractivity contribution in [1.29, 1.82) is 0 Å². The predicted molar refractivity (Wildman–Crippen MR) is 353 cm³/mol. The number of esters is 2. The maximum absolute atomic E-state index is 12.9. The highest BCUT2D eigenvalue weighted by Crippen LogP contribution is 2.43. The fourth-order valence-corrected chi connectivity index (χ4v) is 11.1. The molecule has 0 aromatic heterocycles. The number of carbonyl (C=O) groups excluding carboxylic acids is 2. The first kappa shape index (κ1) is 80.0. The molecule has 0 heterocycles. The maximum atomic E-state index is 12.9. The van der Waals surface area contributed by atoms with Crippen molar-refractivity contribution in [1.82, 2.24) is 0 Å². The van der Waals surface area contributed by atoms with Gasteiger partial charge in [-0.15, -0.1) is 0 Å². The number of phosphoric acid groups is 1. The predicted octanol–water partition coefficient (Wildman–Crippen LogP) is 22.8. The van der Waals surface area contributed by atoms with Crippen LogP contribution in [0.5, 0.6) is 0 Å². The average molecular weight is 1180 g/mol. The number of ether oxygens (including phenoxy) is 2. The molecule has 0 fully saturated rings. The normalized spacial score (nSPS) is 13.4. The molecule has 0 bridgehead atoms. The zero-order valence-electron chi connectivity index (χ0n) is 55.0. The second kappa shape index (κ2) is 63.5. The van der Waals surface area contributed by atoms with Gasteiger partial charge in [-0.1, -0.05) is 306 Å². The number of carbonyl (C=O) groups is 2. The molecule has 1 N–H and O–H groups in total. The van der Waals surface area contributed by atoms with Crippen molar-refractivity contribution >= 4 is 19.8 Å². The molecule has 9 nitrogen and oxygen atoms in total. The van der Waals surface area contributed by atoms with Crippen LogP contribution in [0.1, 0.15) is 348 Å². The van der Waals surface area contributed by atoms with Crippen LogP contribution >= 0.6 is 7.82 Å². The minimum atomic E-state index is -4.39. The lowest BCUT2D eigenvalue weighted by Crippen LogP contribution is -2.37. The summed E-state index contributed by atoms with van der Waals surface area (Å²) in [6.07, 6.45) is 82.3. The SMILES string of the molecule is CCCCCCC/C=C\C/C=C\C/C=C\CCCCCCCCCCC(=O)OC(COC(=O)CCCCCCCCCCCCCCCCCCCCCCCCC/C=C\CCCCCCCCCC)COP(=O)(O)OCC[N+](C)(C)C. The molecular formula is C72H137NO8P+. The van der Waals surface area contributed by atoms with Gasteiger partial charge in [0.05, 0.1) is 27.7 Å². The van der Waals surface area contributed by atoms with Crippen LogP contribution in [-0.2, 0) is 32.7 Å². The van der Waals surface area contributed by atoms with Gasteiger partial charge in [0.25, 0.3) is 0 Å². The number of quaternary nitrogens is 1. The fraction of sp³-hybridized carbons (Fsp3) is 0.861. The molecule has 0 rings (SSSR count). The molecule has 2 atom stereocenters. The van der Waals surface area contributed by atoms with Gasteiger partial charge in [-0.2, -0.15) is 0 Å². The summed E-state index contributed by atoms with van der Waals surface area (Å²) in [7, 11) is 1.48. The van der Waals surface area contributed by atoms with Crippen LogP contribution in [0.3, 0.4) is 0 Å². The molecule has 0 aliphatic carbocycles. The maximum Gasteiger partial charge on any atom is 0.472 e. The Hall–Kier alpha value is -2.03. The molecule has 0 aliphatic rings. The number of allylic oxidation sites excluding steroid dienone is 8. The number of hydrogen-bond donors (Lipinski definition) is 1. The summed E-state index contributed by atoms with van der Waals surface area (Å²) in [4.78, 5) is 35.8. The lowest BCUT2D eigenvalue weighted by molar-refractivity contribution is -0.870. The minimum Gasteiger partial charge on any atom is -0.462 e. The van der Waals surface area contributed by atoms with Crippen LogP contribution in [0.25, 0.3) is 0 Å². The van der Waals surface area contributed by atoms with Crippen molar-refractivity contribution in [3.05, 3.63) is 48.6 Å². The zero-order valence-corrected chi connectivity index (χ0v) is 55.9. The van der Waals surface area contributed by atoms with Crippen molar-refractivity contribution < 1.29 is 42.1 Å². The highest BCUT2D eigenvalue weighted by Gasteiger charge is 2.27. The number of rotatable bonds is 66. The smallest absolute Gasteiger partial charge is 0.462 e. The molecule has 0 saturated heterocycles. The summed E-state index contributed by atoms with van der Waals surface area (Å²) in [6, 6.07) is 0. The van der Waals surface area contributed by atoms with Gasteiger partial charge in [0.2, 0.25) is 0 Å². The Balaban J connectivity index is 3.98. The molecule has 0 saturated carbocycles. The lowest BCUT2D eigenvalue weighted by Gasteiger charge is -2.24. The Morgan fingerprint density at radius 2 is 0.659 bits per heavy atom. The Morgan fingerprint density at radius 1 is 0.378 bits per heavy atom. The summed E-state index contributed by atoms with van der Waals surface area (Å²) < 4.78 is 34.7. The van der Waals surface area contributed by atoms with E-state index in [1.807, 2.05) is 21.1 Å². The Morgan fingerprint density at radius 3 is 0.988 bits per heavy atom. The molecule has 2 unspecified atom stereocenters. The Bertz CT molecular complexity index is 1520. The van der Waals surface area contributed by atoms with Gasteiger partial charge in [0.15, 0.2) is 6.10 Å². The largest absolute Gasteiger partial charge is 0.472 e. The summed E-state index contributed by atoms with van der Waals surface area (Å²) in [6.45, 7) is 4.46. The number of likely N-dealkylation sites (N-methyl/N-ethyl adjacent to an activating group) is 1. The van der Waals surface area contributed by atoms with Crippen LogP contribution in [0.15, 0.2) is 48.6 Å². The Kier molecular flexibility index (Phi) is 61.9. The molecule has 82 heavy (non-hydrogen) atoms. The van der Waals surface area contributed by atoms with E-state index in [9.17, 15) is 19.0 Å². The number of phosphoric ester groups is 1. The molecule has 0 amide bonds. The van der Waals surface area contributed by atoms with Crippen LogP contribution in [0.4, 0.5) is 0 Å². The van der Waals surface area contributed by atoms with Crippen molar-refractivity contribution in [2.24, 2.45) is 0 Å². The van der Waals surface area contributed by atoms with E-state index >= 15 is 0 Å². The van der Waals surface area contributed by atoms with Gasteiger partial charge in [0, 0.05) is 12.8 Å². The third-order valence-corrected chi connectivity index (χ3v) is 16.8. The third kappa shape index (κ3) is 67.1. The lowest BCUT2D eigenvalue weighted by atomic mass is 10.0. The van der Waals surface area contributed by atoms with Crippen molar-refractivity contribution in [2.75, 3.05) is 47.5 Å². The van der Waals surface area contributed by atoms with E-state index in [1.54, 1.807) is 0 Å². The van der Waals surface area contributed by atoms with Gasteiger partial charge in [-0.05, 0) is 77.0 Å². The molecule has 0 aliphatic heterocycles. The number of hydrogen-bond acceptors (Lipinski definition) is 7. The fourth-order valence-electron chi connectivity index (χ4n) is 10.4. The molecule has 0 radical (unpaired) electrons. The number of unbranched alkanes of at least 4 members (excludes halogenated alkanes) is 44. The number of nitrogens with zero attached hydrogens (tertiary/aromatic N) is 1. The van der Waals surface area contributed by atoms with Crippen LogP contribution in [0.2, 0.25) is 0 Å². The van der Waals surface area contributed by atoms with Crippen molar-refractivity contribution in [2.45, 2.75) is 354 Å². The van der Waals surface area contributed by atoms with E-state index < -0.39 is 26.5 Å². The summed E-state index contributed by atoms with van der Waals surface area (Å²) in [5, 5.41) is 0. The molecule has 0 aromatic carbocycles. The highest BCUT2D eigenvalue weighted by molar-refractivity contribution is 7.47. The van der Waals surface area contributed by atoms with E-state index in [4.69, 9.17) is 18.5 Å². The zero-order chi connectivity index (χ0) is 59.8. The van der Waals surface area contributed by atoms with Crippen LogP contribution in [0, 0.1) is 0 Å². The van der Waals surface area contributed by atoms with Gasteiger partial charge in [0.1, 0.15) is 19.8 Å². The van der Waals surface area contributed by atoms with E-state index in [0.29, 0.717) is 23.9 Å². The van der Waals surface area contributed by atoms with E-state index in [2.05, 4.69) is 62.5 Å². The second-order valence-corrected chi connectivity index (χ2v) is 26.7. The first-order valence-corrected chi connectivity index (χ1v) is 36.9. The van der Waals surface area contributed by atoms with Crippen LogP contribution in [-0.4, -0.2) is 74.9 Å². The minimum absolute atomic E-state index is 0.0308. The highest BCUT2D eigenvalue weighted by atomic mass is 31.2. The summed E-state index contributed by atoms with van der Waals surface area (Å²) >= 11 is 0. The quantitative estimate of drug-likeness (QED) is 0.0211. The van der Waals surface area contributed by atoms with Gasteiger partial charge < -0.3 is 18.9 Å². The standard InChI is InChI=1S/C72H136NO8P/c1-6-8-10-12-14-16-18-20-22-24-26-28-30-31-32-33-34-35-36-37-38-39-40-41-43-44-46-48-50-52-54-56-58-60-62-64-71(74)78-68-70(69-80-82(76,77)79-67-66-73(3,4)5)81-72(75)65-63-61-59-57-55-53-51-49-47-45-42-29-27-25-23-21-19-17-15-13-11-9-7-2/h19,21,24-27,42,45,70H,6-18,20,22-23,28-41,43-44,46-69H2,1-5H3/p+1/b21-19-,26-24-,27-25-,45-42-. The van der Waals surface area contributed by atoms with Crippen molar-refractivity contribution in [3.63, 3.8) is 0 Å². The van der Waals surface area contributed by atoms with E-state index in [-0.39, 0.29) is 25.6 Å². The van der Waals surface area contributed by atoms with Crippen molar-refractivity contribution in [3.8, 4) is 0 Å². The van der Waals surface area contributed by atoms with E-state index in [0.717, 1.165) is 57.8 Å². The summed E-state index contributed by atoms with van der Waals surface area (Å²) in [5.74, 6) is -0.790. The van der Waals surface area contributed by atoms with Gasteiger partial charge in [-0.25, -0.2) is 4.57 Å². The van der Waals surface area contributed by atoms with Crippen LogP contribution < -0.4 is 0 Å². The molecule has 0 aromatic rings. The summed E-state index contributed by atoms with van der Waals surface area (Å²) in [5.41, 5.74) is 0.